The molecule has 1 N–H and O–H groups in total. The molecule has 234 valence electrons. The minimum Gasteiger partial charge on any atom is -0.507 e. The van der Waals surface area contributed by atoms with Gasteiger partial charge in [0.15, 0.2) is 0 Å². The minimum absolute atomic E-state index is 0.0764. The third kappa shape index (κ3) is 6.18. The summed E-state index contributed by atoms with van der Waals surface area (Å²) in [6.45, 7) is 6.50. The van der Waals surface area contributed by atoms with Crippen molar-refractivity contribution >= 4 is 17.2 Å². The van der Waals surface area contributed by atoms with Gasteiger partial charge in [-0.2, -0.15) is 0 Å². The van der Waals surface area contributed by atoms with Gasteiger partial charge < -0.3 is 5.11 Å². The van der Waals surface area contributed by atoms with Gasteiger partial charge in [0.05, 0.1) is 11.4 Å². The van der Waals surface area contributed by atoms with Crippen molar-refractivity contribution in [2.75, 3.05) is 4.90 Å². The Bertz CT molecular complexity index is 2120. The van der Waals surface area contributed by atoms with Crippen LogP contribution in [-0.4, -0.2) is 20.1 Å². The Kier molecular flexibility index (Phi) is 8.50. The molecular weight excluding hydrogens is 589 g/mol. The number of pyridine rings is 3. The molecule has 0 saturated heterocycles. The summed E-state index contributed by atoms with van der Waals surface area (Å²) >= 11 is 0. The zero-order valence-electron chi connectivity index (χ0n) is 27.2. The van der Waals surface area contributed by atoms with Crippen LogP contribution in [0.4, 0.5) is 17.2 Å². The van der Waals surface area contributed by atoms with Crippen LogP contribution in [-0.2, 0) is 0 Å². The fourth-order valence-corrected chi connectivity index (χ4v) is 6.40. The molecule has 1 atom stereocenters. The summed E-state index contributed by atoms with van der Waals surface area (Å²) in [5.74, 6) is 1.09. The molecule has 7 rings (SSSR count). The molecule has 0 aliphatic carbocycles. The third-order valence-electron chi connectivity index (χ3n) is 8.87. The molecule has 3 aromatic heterocycles. The van der Waals surface area contributed by atoms with Crippen LogP contribution in [0, 0.1) is 13.8 Å². The van der Waals surface area contributed by atoms with Crippen molar-refractivity contribution < 1.29 is 5.11 Å². The maximum atomic E-state index is 10.9. The summed E-state index contributed by atoms with van der Waals surface area (Å²) in [5.41, 5.74) is 12.0. The van der Waals surface area contributed by atoms with Crippen molar-refractivity contribution in [3.63, 3.8) is 0 Å². The van der Waals surface area contributed by atoms with Crippen LogP contribution in [0.2, 0.25) is 0 Å². The van der Waals surface area contributed by atoms with Crippen molar-refractivity contribution in [2.45, 2.75) is 26.7 Å². The van der Waals surface area contributed by atoms with Crippen LogP contribution in [0.5, 0.6) is 5.75 Å². The number of aromatic hydroxyl groups is 1. The first-order valence-corrected chi connectivity index (χ1v) is 16.1. The average molecular weight is 625 g/mol. The third-order valence-corrected chi connectivity index (χ3v) is 8.87. The Morgan fingerprint density at radius 1 is 0.583 bits per heavy atom. The monoisotopic (exact) mass is 624 g/mol. The first-order valence-electron chi connectivity index (χ1n) is 16.1. The van der Waals surface area contributed by atoms with Crippen LogP contribution in [0.3, 0.4) is 0 Å². The fourth-order valence-electron chi connectivity index (χ4n) is 6.40. The lowest BCUT2D eigenvalue weighted by atomic mass is 9.90. The number of hydrogen-bond donors (Lipinski definition) is 1. The molecule has 4 aromatic carbocycles. The number of phenolic OH excluding ortho intramolecular Hbond substituents is 1. The van der Waals surface area contributed by atoms with Crippen molar-refractivity contribution in [1.82, 2.24) is 15.0 Å². The quantitative estimate of drug-likeness (QED) is 0.182. The van der Waals surface area contributed by atoms with Gasteiger partial charge in [0.2, 0.25) is 0 Å². The number of hydrogen-bond acceptors (Lipinski definition) is 5. The number of nitrogens with zero attached hydrogens (tertiary/aromatic N) is 4. The van der Waals surface area contributed by atoms with E-state index in [2.05, 4.69) is 103 Å². The molecule has 0 aliphatic rings. The van der Waals surface area contributed by atoms with Crippen molar-refractivity contribution in [3.05, 3.63) is 174 Å². The van der Waals surface area contributed by atoms with E-state index >= 15 is 0 Å². The molecule has 0 amide bonds. The van der Waals surface area contributed by atoms with E-state index in [1.807, 2.05) is 73.2 Å². The summed E-state index contributed by atoms with van der Waals surface area (Å²) < 4.78 is 0. The Balaban J connectivity index is 1.50. The molecule has 0 saturated carbocycles. The Morgan fingerprint density at radius 2 is 1.29 bits per heavy atom. The van der Waals surface area contributed by atoms with Crippen LogP contribution in [0.15, 0.2) is 152 Å². The molecule has 0 aliphatic heterocycles. The molecule has 5 nitrogen and oxygen atoms in total. The highest BCUT2D eigenvalue weighted by molar-refractivity contribution is 5.83. The average Bonchev–Trinajstić information content (AvgIpc) is 3.12. The summed E-state index contributed by atoms with van der Waals surface area (Å²) in [4.78, 5) is 16.5. The SMILES string of the molecule is Cc1cccc(C)c1-c1cc(-c2cc(C(C)c3ccncc3)cc(N(c3ccccc3)c3ccccn3)c2)nc(-c2ccccc2O)c1. The molecule has 0 radical (unpaired) electrons. The van der Waals surface area contributed by atoms with E-state index in [4.69, 9.17) is 9.97 Å². The summed E-state index contributed by atoms with van der Waals surface area (Å²) in [7, 11) is 0. The van der Waals surface area contributed by atoms with Crippen LogP contribution in [0.1, 0.15) is 35.1 Å². The first-order chi connectivity index (χ1) is 23.5. The zero-order chi connectivity index (χ0) is 33.0. The molecule has 1 unspecified atom stereocenters. The van der Waals surface area contributed by atoms with E-state index in [-0.39, 0.29) is 11.7 Å². The molecule has 0 fully saturated rings. The number of rotatable bonds is 8. The highest BCUT2D eigenvalue weighted by Gasteiger charge is 2.20. The molecule has 7 aromatic rings. The summed E-state index contributed by atoms with van der Waals surface area (Å²) in [5, 5.41) is 10.9. The lowest BCUT2D eigenvalue weighted by Gasteiger charge is -2.26. The maximum Gasteiger partial charge on any atom is 0.137 e. The summed E-state index contributed by atoms with van der Waals surface area (Å²) in [6.07, 6.45) is 5.51. The van der Waals surface area contributed by atoms with Gasteiger partial charge in [0, 0.05) is 47.0 Å². The highest BCUT2D eigenvalue weighted by atomic mass is 16.3. The van der Waals surface area contributed by atoms with E-state index in [0.717, 1.165) is 39.6 Å². The zero-order valence-corrected chi connectivity index (χ0v) is 27.2. The fraction of sp³-hybridized carbons (Fsp3) is 0.0930. The minimum atomic E-state index is 0.0764. The van der Waals surface area contributed by atoms with Gasteiger partial charge >= 0.3 is 0 Å². The van der Waals surface area contributed by atoms with E-state index in [1.54, 1.807) is 6.07 Å². The number of phenols is 1. The molecule has 5 heteroatoms. The van der Waals surface area contributed by atoms with Crippen LogP contribution < -0.4 is 4.90 Å². The Labute approximate surface area is 281 Å². The predicted octanol–water partition coefficient (Wildman–Crippen LogP) is 10.8. The molecule has 3 heterocycles. The van der Waals surface area contributed by atoms with Crippen molar-refractivity contribution in [1.29, 1.82) is 0 Å². The second-order valence-electron chi connectivity index (χ2n) is 12.1. The molecule has 0 spiro atoms. The molecule has 48 heavy (non-hydrogen) atoms. The number of aryl methyl sites for hydroxylation is 2. The van der Waals surface area contributed by atoms with Crippen molar-refractivity contribution in [3.8, 4) is 39.4 Å². The Hall–Kier alpha value is -6.07. The van der Waals surface area contributed by atoms with Gasteiger partial charge in [-0.15, -0.1) is 0 Å². The second kappa shape index (κ2) is 13.3. The molecule has 0 bridgehead atoms. The van der Waals surface area contributed by atoms with Crippen LogP contribution in [0.25, 0.3) is 33.6 Å². The smallest absolute Gasteiger partial charge is 0.137 e. The predicted molar refractivity (Wildman–Crippen MR) is 196 cm³/mol. The van der Waals surface area contributed by atoms with Gasteiger partial charge in [-0.3, -0.25) is 9.88 Å². The number of benzene rings is 4. The topological polar surface area (TPSA) is 62.1 Å². The number of para-hydroxylation sites is 2. The van der Waals surface area contributed by atoms with Crippen LogP contribution >= 0.6 is 0 Å². The Morgan fingerprint density at radius 3 is 2.02 bits per heavy atom. The number of anilines is 3. The van der Waals surface area contributed by atoms with Crippen molar-refractivity contribution in [2.24, 2.45) is 0 Å². The van der Waals surface area contributed by atoms with Gasteiger partial charge in [-0.05, 0) is 126 Å². The second-order valence-corrected chi connectivity index (χ2v) is 12.1. The van der Waals surface area contributed by atoms with E-state index < -0.39 is 0 Å². The number of aromatic nitrogens is 3. The maximum absolute atomic E-state index is 10.9. The van der Waals surface area contributed by atoms with E-state index in [1.165, 1.54) is 22.3 Å². The molecular formula is C43H36N4O. The van der Waals surface area contributed by atoms with Gasteiger partial charge in [0.25, 0.3) is 0 Å². The van der Waals surface area contributed by atoms with Gasteiger partial charge in [-0.25, -0.2) is 9.97 Å². The largest absolute Gasteiger partial charge is 0.507 e. The first kappa shape index (κ1) is 30.6. The lowest BCUT2D eigenvalue weighted by molar-refractivity contribution is 0.477. The van der Waals surface area contributed by atoms with E-state index in [9.17, 15) is 5.11 Å². The van der Waals surface area contributed by atoms with Gasteiger partial charge in [-0.1, -0.05) is 61.5 Å². The lowest BCUT2D eigenvalue weighted by Crippen LogP contribution is -2.12. The summed E-state index contributed by atoms with van der Waals surface area (Å²) in [6, 6.07) is 45.1. The standard InChI is InChI=1S/C43H36N4O/c1-29-12-11-13-30(2)43(29)35-27-39(46-40(28-35)38-16-7-8-17-41(38)48)34-24-33(31(3)32-19-22-44-23-20-32)25-37(26-34)47(36-14-5-4-6-15-36)42-18-9-10-21-45-42/h4-28,31,48H,1-3H3. The van der Waals surface area contributed by atoms with E-state index in [0.29, 0.717) is 11.3 Å². The highest BCUT2D eigenvalue weighted by Crippen LogP contribution is 2.41. The van der Waals surface area contributed by atoms with Gasteiger partial charge in [0.1, 0.15) is 11.6 Å². The normalized spacial score (nSPS) is 11.6.